The van der Waals surface area contributed by atoms with E-state index in [2.05, 4.69) is 10.5 Å². The number of hydrogen-bond donors (Lipinski definition) is 1. The van der Waals surface area contributed by atoms with Gasteiger partial charge in [-0.3, -0.25) is 4.79 Å². The SMILES string of the molecule is CCO/N=C1\CC(C(=O)Nc2ccc(OC)cc2)Oc2ccc(C)cc21. The summed E-state index contributed by atoms with van der Waals surface area (Å²) in [5, 5.41) is 7.05. The van der Waals surface area contributed by atoms with Crippen molar-refractivity contribution in [3.8, 4) is 11.5 Å². The average molecular weight is 354 g/mol. The van der Waals surface area contributed by atoms with E-state index in [0.717, 1.165) is 16.9 Å². The van der Waals surface area contributed by atoms with Crippen molar-refractivity contribution >= 4 is 17.3 Å². The lowest BCUT2D eigenvalue weighted by Crippen LogP contribution is -2.38. The van der Waals surface area contributed by atoms with Crippen molar-refractivity contribution in [2.24, 2.45) is 5.16 Å². The Labute approximate surface area is 152 Å². The van der Waals surface area contributed by atoms with Crippen LogP contribution in [0.15, 0.2) is 47.6 Å². The minimum absolute atomic E-state index is 0.231. The predicted octanol–water partition coefficient (Wildman–Crippen LogP) is 3.53. The molecular weight excluding hydrogens is 332 g/mol. The van der Waals surface area contributed by atoms with E-state index in [1.807, 2.05) is 32.0 Å². The molecule has 1 N–H and O–H groups in total. The molecule has 26 heavy (non-hydrogen) atoms. The average Bonchev–Trinajstić information content (AvgIpc) is 2.66. The van der Waals surface area contributed by atoms with Crippen LogP contribution in [0, 0.1) is 6.92 Å². The van der Waals surface area contributed by atoms with Crippen molar-refractivity contribution in [2.45, 2.75) is 26.4 Å². The van der Waals surface area contributed by atoms with Gasteiger partial charge in [0.25, 0.3) is 5.91 Å². The maximum atomic E-state index is 12.7. The first-order valence-corrected chi connectivity index (χ1v) is 8.52. The molecule has 6 nitrogen and oxygen atoms in total. The van der Waals surface area contributed by atoms with Gasteiger partial charge in [0.15, 0.2) is 6.10 Å². The lowest BCUT2D eigenvalue weighted by atomic mass is 9.98. The Morgan fingerprint density at radius 2 is 2.04 bits per heavy atom. The number of nitrogens with zero attached hydrogens (tertiary/aromatic N) is 1. The van der Waals surface area contributed by atoms with Crippen LogP contribution in [-0.4, -0.2) is 31.4 Å². The number of carbonyl (C=O) groups excluding carboxylic acids is 1. The monoisotopic (exact) mass is 354 g/mol. The zero-order valence-electron chi connectivity index (χ0n) is 15.1. The minimum atomic E-state index is -0.675. The number of benzene rings is 2. The van der Waals surface area contributed by atoms with E-state index < -0.39 is 6.10 Å². The summed E-state index contributed by atoms with van der Waals surface area (Å²) in [6, 6.07) is 12.9. The van der Waals surface area contributed by atoms with Gasteiger partial charge >= 0.3 is 0 Å². The van der Waals surface area contributed by atoms with Crippen LogP contribution in [-0.2, 0) is 9.63 Å². The molecule has 0 fully saturated rings. The minimum Gasteiger partial charge on any atom is -0.497 e. The van der Waals surface area contributed by atoms with Crippen molar-refractivity contribution in [2.75, 3.05) is 19.0 Å². The van der Waals surface area contributed by atoms with Crippen molar-refractivity contribution in [1.82, 2.24) is 0 Å². The molecule has 3 rings (SSSR count). The summed E-state index contributed by atoms with van der Waals surface area (Å²) in [6.45, 7) is 4.34. The number of anilines is 1. The zero-order valence-corrected chi connectivity index (χ0v) is 15.1. The fraction of sp³-hybridized carbons (Fsp3) is 0.300. The number of carbonyl (C=O) groups is 1. The van der Waals surface area contributed by atoms with E-state index in [-0.39, 0.29) is 5.91 Å². The Kier molecular flexibility index (Phi) is 5.41. The van der Waals surface area contributed by atoms with Gasteiger partial charge in [0, 0.05) is 17.7 Å². The molecule has 1 unspecified atom stereocenters. The summed E-state index contributed by atoms with van der Waals surface area (Å²) in [4.78, 5) is 17.9. The van der Waals surface area contributed by atoms with Crippen LogP contribution in [0.2, 0.25) is 0 Å². The molecule has 0 spiro atoms. The molecular formula is C20H22N2O4. The summed E-state index contributed by atoms with van der Waals surface area (Å²) in [5.74, 6) is 1.13. The van der Waals surface area contributed by atoms with E-state index in [9.17, 15) is 4.79 Å². The molecule has 0 bridgehead atoms. The quantitative estimate of drug-likeness (QED) is 0.834. The number of ether oxygens (including phenoxy) is 2. The lowest BCUT2D eigenvalue weighted by molar-refractivity contribution is -0.122. The van der Waals surface area contributed by atoms with Crippen LogP contribution in [0.4, 0.5) is 5.69 Å². The molecule has 6 heteroatoms. The summed E-state index contributed by atoms with van der Waals surface area (Å²) in [5.41, 5.74) is 3.36. The number of methoxy groups -OCH3 is 1. The van der Waals surface area contributed by atoms with Gasteiger partial charge in [-0.05, 0) is 50.2 Å². The maximum Gasteiger partial charge on any atom is 0.265 e. The van der Waals surface area contributed by atoms with Gasteiger partial charge in [-0.1, -0.05) is 16.8 Å². The highest BCUT2D eigenvalue weighted by atomic mass is 16.6. The first-order chi connectivity index (χ1) is 12.6. The normalized spacial score (nSPS) is 17.2. The Bertz CT molecular complexity index is 815. The topological polar surface area (TPSA) is 69.2 Å². The molecule has 136 valence electrons. The highest BCUT2D eigenvalue weighted by Crippen LogP contribution is 2.30. The van der Waals surface area contributed by atoms with E-state index in [1.165, 1.54) is 0 Å². The van der Waals surface area contributed by atoms with Crippen LogP contribution < -0.4 is 14.8 Å². The first-order valence-electron chi connectivity index (χ1n) is 8.52. The molecule has 1 heterocycles. The van der Waals surface area contributed by atoms with Gasteiger partial charge in [0.1, 0.15) is 18.1 Å². The van der Waals surface area contributed by atoms with Crippen LogP contribution in [0.1, 0.15) is 24.5 Å². The molecule has 2 aromatic carbocycles. The Hall–Kier alpha value is -3.02. The third kappa shape index (κ3) is 3.96. The molecule has 1 atom stereocenters. The van der Waals surface area contributed by atoms with Gasteiger partial charge < -0.3 is 19.6 Å². The number of hydrogen-bond acceptors (Lipinski definition) is 5. The molecule has 2 aromatic rings. The fourth-order valence-electron chi connectivity index (χ4n) is 2.72. The van der Waals surface area contributed by atoms with Gasteiger partial charge in [0.2, 0.25) is 0 Å². The summed E-state index contributed by atoms with van der Waals surface area (Å²) < 4.78 is 11.0. The van der Waals surface area contributed by atoms with Gasteiger partial charge in [-0.15, -0.1) is 0 Å². The van der Waals surface area contributed by atoms with Crippen molar-refractivity contribution in [1.29, 1.82) is 0 Å². The van der Waals surface area contributed by atoms with Crippen molar-refractivity contribution in [3.05, 3.63) is 53.6 Å². The largest absolute Gasteiger partial charge is 0.497 e. The molecule has 1 aliphatic rings. The maximum absolute atomic E-state index is 12.7. The molecule has 1 aliphatic heterocycles. The number of rotatable bonds is 5. The van der Waals surface area contributed by atoms with E-state index >= 15 is 0 Å². The second kappa shape index (κ2) is 7.91. The van der Waals surface area contributed by atoms with E-state index in [0.29, 0.717) is 30.2 Å². The molecule has 0 saturated carbocycles. The standard InChI is InChI=1S/C20H22N2O4/c1-4-25-22-17-12-19(26-18-10-5-13(2)11-16(17)18)20(23)21-14-6-8-15(24-3)9-7-14/h5-11,19H,4,12H2,1-3H3,(H,21,23)/b22-17+. The number of nitrogens with one attached hydrogen (secondary N) is 1. The van der Waals surface area contributed by atoms with Gasteiger partial charge in [0.05, 0.1) is 12.8 Å². The second-order valence-corrected chi connectivity index (χ2v) is 5.98. The highest BCUT2D eigenvalue weighted by Gasteiger charge is 2.31. The molecule has 0 saturated heterocycles. The Balaban J connectivity index is 1.79. The third-order valence-electron chi connectivity index (χ3n) is 4.05. The lowest BCUT2D eigenvalue weighted by Gasteiger charge is -2.26. The first kappa shape index (κ1) is 17.8. The smallest absolute Gasteiger partial charge is 0.265 e. The summed E-state index contributed by atoms with van der Waals surface area (Å²) >= 11 is 0. The highest BCUT2D eigenvalue weighted by molar-refractivity contribution is 6.08. The second-order valence-electron chi connectivity index (χ2n) is 5.98. The predicted molar refractivity (Wildman–Crippen MR) is 100.0 cm³/mol. The van der Waals surface area contributed by atoms with Gasteiger partial charge in [-0.2, -0.15) is 0 Å². The van der Waals surface area contributed by atoms with Gasteiger partial charge in [-0.25, -0.2) is 0 Å². The number of fused-ring (bicyclic) bond motifs is 1. The Morgan fingerprint density at radius 3 is 2.73 bits per heavy atom. The van der Waals surface area contributed by atoms with E-state index in [1.54, 1.807) is 31.4 Å². The third-order valence-corrected chi connectivity index (χ3v) is 4.05. The van der Waals surface area contributed by atoms with Crippen LogP contribution in [0.5, 0.6) is 11.5 Å². The number of aryl methyl sites for hydroxylation is 1. The summed E-state index contributed by atoms with van der Waals surface area (Å²) in [6.07, 6.45) is -0.329. The van der Waals surface area contributed by atoms with Crippen molar-refractivity contribution in [3.63, 3.8) is 0 Å². The molecule has 0 aliphatic carbocycles. The van der Waals surface area contributed by atoms with Crippen LogP contribution in [0.25, 0.3) is 0 Å². The zero-order chi connectivity index (χ0) is 18.5. The fourth-order valence-corrected chi connectivity index (χ4v) is 2.72. The van der Waals surface area contributed by atoms with Crippen molar-refractivity contribution < 1.29 is 19.1 Å². The molecule has 1 amide bonds. The van der Waals surface area contributed by atoms with Crippen LogP contribution >= 0.6 is 0 Å². The van der Waals surface area contributed by atoms with E-state index in [4.69, 9.17) is 14.3 Å². The number of amides is 1. The number of oxime groups is 1. The Morgan fingerprint density at radius 1 is 1.27 bits per heavy atom. The van der Waals surface area contributed by atoms with Crippen LogP contribution in [0.3, 0.4) is 0 Å². The summed E-state index contributed by atoms with van der Waals surface area (Å²) in [7, 11) is 1.60. The molecule has 0 radical (unpaired) electrons. The molecule has 0 aromatic heterocycles.